The number of amidine groups is 1. The summed E-state index contributed by atoms with van der Waals surface area (Å²) in [6, 6.07) is -0.0154. The first kappa shape index (κ1) is 14.6. The summed E-state index contributed by atoms with van der Waals surface area (Å²) in [5.74, 6) is -0.0248. The molecule has 18 heavy (non-hydrogen) atoms. The minimum Gasteiger partial charge on any atom is -0.409 e. The van der Waals surface area contributed by atoms with Crippen LogP contribution in [0.15, 0.2) is 5.16 Å². The molecule has 0 radical (unpaired) electrons. The molecule has 1 saturated heterocycles. The Morgan fingerprint density at radius 2 is 2.17 bits per heavy atom. The van der Waals surface area contributed by atoms with Crippen LogP contribution >= 0.6 is 0 Å². The molecule has 1 heterocycles. The van der Waals surface area contributed by atoms with Gasteiger partial charge < -0.3 is 25.5 Å². The Labute approximate surface area is 107 Å². The number of amides is 2. The van der Waals surface area contributed by atoms with E-state index in [4.69, 9.17) is 15.7 Å². The van der Waals surface area contributed by atoms with E-state index in [-0.39, 0.29) is 17.8 Å². The number of hydrogen-bond donors (Lipinski definition) is 2. The van der Waals surface area contributed by atoms with Crippen molar-refractivity contribution in [3.8, 4) is 0 Å². The predicted molar refractivity (Wildman–Crippen MR) is 67.6 cm³/mol. The Morgan fingerprint density at radius 3 is 2.67 bits per heavy atom. The molecule has 0 aromatic rings. The summed E-state index contributed by atoms with van der Waals surface area (Å²) in [5.41, 5.74) is 5.53. The summed E-state index contributed by atoms with van der Waals surface area (Å²) < 4.78 is 5.22. The first-order chi connectivity index (χ1) is 8.60. The Morgan fingerprint density at radius 1 is 1.56 bits per heavy atom. The van der Waals surface area contributed by atoms with Crippen molar-refractivity contribution in [3.05, 3.63) is 0 Å². The average Bonchev–Trinajstić information content (AvgIpc) is 2.43. The van der Waals surface area contributed by atoms with Crippen LogP contribution in [0.1, 0.15) is 13.8 Å². The molecule has 104 valence electrons. The van der Waals surface area contributed by atoms with Gasteiger partial charge in [-0.15, -0.1) is 0 Å². The normalized spacial score (nSPS) is 18.6. The number of hydrogen-bond acceptors (Lipinski definition) is 4. The maximum atomic E-state index is 12.2. The zero-order valence-electron chi connectivity index (χ0n) is 11.0. The van der Waals surface area contributed by atoms with E-state index in [1.807, 2.05) is 13.8 Å². The second-order valence-corrected chi connectivity index (χ2v) is 4.35. The molecule has 1 unspecified atom stereocenters. The number of urea groups is 1. The van der Waals surface area contributed by atoms with Crippen molar-refractivity contribution in [2.75, 3.05) is 39.4 Å². The second kappa shape index (κ2) is 7.05. The van der Waals surface area contributed by atoms with E-state index in [0.29, 0.717) is 39.4 Å². The van der Waals surface area contributed by atoms with Gasteiger partial charge in [-0.2, -0.15) is 0 Å². The Balaban J connectivity index is 2.56. The van der Waals surface area contributed by atoms with Gasteiger partial charge in [0.25, 0.3) is 0 Å². The van der Waals surface area contributed by atoms with Gasteiger partial charge in [0.15, 0.2) is 0 Å². The number of rotatable bonds is 4. The molecule has 1 atom stereocenters. The van der Waals surface area contributed by atoms with E-state index < -0.39 is 0 Å². The standard InChI is InChI=1S/C11H22N4O3/c1-3-14(8-9(2)10(12)13-17)11(16)15-4-6-18-7-5-15/h9,17H,3-8H2,1-2H3,(H2,12,13). The molecule has 1 fully saturated rings. The van der Waals surface area contributed by atoms with Crippen LogP contribution < -0.4 is 5.73 Å². The fourth-order valence-electron chi connectivity index (χ4n) is 1.82. The number of morpholine rings is 1. The minimum absolute atomic E-state index is 0.0154. The molecule has 1 aliphatic heterocycles. The summed E-state index contributed by atoms with van der Waals surface area (Å²) in [6.07, 6.45) is 0. The lowest BCUT2D eigenvalue weighted by Gasteiger charge is -2.33. The van der Waals surface area contributed by atoms with Gasteiger partial charge in [-0.3, -0.25) is 0 Å². The third-order valence-corrected chi connectivity index (χ3v) is 3.05. The van der Waals surface area contributed by atoms with Gasteiger partial charge in [0, 0.05) is 32.1 Å². The summed E-state index contributed by atoms with van der Waals surface area (Å²) in [6.45, 7) is 7.18. The number of nitrogens with zero attached hydrogens (tertiary/aromatic N) is 3. The van der Waals surface area contributed by atoms with Gasteiger partial charge in [-0.1, -0.05) is 12.1 Å². The largest absolute Gasteiger partial charge is 0.409 e. The topological polar surface area (TPSA) is 91.4 Å². The van der Waals surface area contributed by atoms with Gasteiger partial charge in [0.1, 0.15) is 5.84 Å². The number of carbonyl (C=O) groups is 1. The molecule has 0 aromatic heterocycles. The van der Waals surface area contributed by atoms with Crippen molar-refractivity contribution >= 4 is 11.9 Å². The van der Waals surface area contributed by atoms with Gasteiger partial charge in [-0.25, -0.2) is 4.79 Å². The lowest BCUT2D eigenvalue weighted by atomic mass is 10.1. The lowest BCUT2D eigenvalue weighted by molar-refractivity contribution is 0.0432. The molecular weight excluding hydrogens is 236 g/mol. The van der Waals surface area contributed by atoms with Crippen LogP contribution in [-0.2, 0) is 4.74 Å². The molecule has 0 bridgehead atoms. The maximum Gasteiger partial charge on any atom is 0.320 e. The van der Waals surface area contributed by atoms with E-state index >= 15 is 0 Å². The first-order valence-corrected chi connectivity index (χ1v) is 6.19. The van der Waals surface area contributed by atoms with Crippen molar-refractivity contribution in [2.24, 2.45) is 16.8 Å². The third-order valence-electron chi connectivity index (χ3n) is 3.05. The van der Waals surface area contributed by atoms with Crippen molar-refractivity contribution in [1.29, 1.82) is 0 Å². The van der Waals surface area contributed by atoms with Crippen LogP contribution in [0, 0.1) is 5.92 Å². The number of oxime groups is 1. The van der Waals surface area contributed by atoms with E-state index in [2.05, 4.69) is 5.16 Å². The maximum absolute atomic E-state index is 12.2. The second-order valence-electron chi connectivity index (χ2n) is 4.35. The zero-order chi connectivity index (χ0) is 13.5. The van der Waals surface area contributed by atoms with Crippen molar-refractivity contribution in [1.82, 2.24) is 9.80 Å². The molecule has 0 spiro atoms. The van der Waals surface area contributed by atoms with Crippen molar-refractivity contribution in [3.63, 3.8) is 0 Å². The Kier molecular flexibility index (Phi) is 5.70. The molecule has 2 amide bonds. The first-order valence-electron chi connectivity index (χ1n) is 6.19. The van der Waals surface area contributed by atoms with Gasteiger partial charge in [0.2, 0.25) is 0 Å². The summed E-state index contributed by atoms with van der Waals surface area (Å²) in [4.78, 5) is 15.7. The Hall–Kier alpha value is -1.50. The summed E-state index contributed by atoms with van der Waals surface area (Å²) in [7, 11) is 0. The van der Waals surface area contributed by atoms with Crippen LogP contribution in [0.2, 0.25) is 0 Å². The van der Waals surface area contributed by atoms with Crippen molar-refractivity contribution in [2.45, 2.75) is 13.8 Å². The molecule has 0 aromatic carbocycles. The number of ether oxygens (including phenoxy) is 1. The quantitative estimate of drug-likeness (QED) is 0.325. The van der Waals surface area contributed by atoms with Crippen LogP contribution in [0.25, 0.3) is 0 Å². The van der Waals surface area contributed by atoms with Crippen LogP contribution in [-0.4, -0.2) is 66.3 Å². The fourth-order valence-corrected chi connectivity index (χ4v) is 1.82. The smallest absolute Gasteiger partial charge is 0.320 e. The monoisotopic (exact) mass is 258 g/mol. The molecule has 7 nitrogen and oxygen atoms in total. The SMILES string of the molecule is CCN(CC(C)C(N)=NO)C(=O)N1CCOCC1. The van der Waals surface area contributed by atoms with Gasteiger partial charge in [-0.05, 0) is 6.92 Å². The minimum atomic E-state index is -0.167. The molecule has 3 N–H and O–H groups in total. The predicted octanol–water partition coefficient (Wildman–Crippen LogP) is 0.143. The molecule has 1 aliphatic rings. The van der Waals surface area contributed by atoms with Crippen LogP contribution in [0.4, 0.5) is 4.79 Å². The lowest BCUT2D eigenvalue weighted by Crippen LogP contribution is -2.50. The van der Waals surface area contributed by atoms with E-state index in [1.165, 1.54) is 0 Å². The molecule has 7 heteroatoms. The molecule has 0 aliphatic carbocycles. The van der Waals surface area contributed by atoms with Crippen molar-refractivity contribution < 1.29 is 14.7 Å². The third kappa shape index (κ3) is 3.76. The zero-order valence-corrected chi connectivity index (χ0v) is 11.0. The summed E-state index contributed by atoms with van der Waals surface area (Å²) >= 11 is 0. The Bertz CT molecular complexity index is 303. The highest BCUT2D eigenvalue weighted by atomic mass is 16.5. The highest BCUT2D eigenvalue weighted by molar-refractivity contribution is 5.83. The summed E-state index contributed by atoms with van der Waals surface area (Å²) in [5, 5.41) is 11.6. The fraction of sp³-hybridized carbons (Fsp3) is 0.818. The van der Waals surface area contributed by atoms with E-state index in [9.17, 15) is 4.79 Å². The highest BCUT2D eigenvalue weighted by Gasteiger charge is 2.23. The van der Waals surface area contributed by atoms with E-state index in [1.54, 1.807) is 9.80 Å². The highest BCUT2D eigenvalue weighted by Crippen LogP contribution is 2.07. The van der Waals surface area contributed by atoms with E-state index in [0.717, 1.165) is 0 Å². The molecule has 0 saturated carbocycles. The van der Waals surface area contributed by atoms with Gasteiger partial charge in [0.05, 0.1) is 13.2 Å². The van der Waals surface area contributed by atoms with Crippen LogP contribution in [0.5, 0.6) is 0 Å². The average molecular weight is 258 g/mol. The van der Waals surface area contributed by atoms with Crippen LogP contribution in [0.3, 0.4) is 0 Å². The molecular formula is C11H22N4O3. The number of carbonyl (C=O) groups excluding carboxylic acids is 1. The van der Waals surface area contributed by atoms with Gasteiger partial charge >= 0.3 is 6.03 Å². The molecule has 1 rings (SSSR count). The number of nitrogens with two attached hydrogens (primary N) is 1.